The van der Waals surface area contributed by atoms with E-state index in [4.69, 9.17) is 0 Å². The maximum atomic E-state index is 12.8. The summed E-state index contributed by atoms with van der Waals surface area (Å²) < 4.78 is 0. The predicted octanol–water partition coefficient (Wildman–Crippen LogP) is 1.34. The molecule has 6 nitrogen and oxygen atoms in total. The van der Waals surface area contributed by atoms with Crippen LogP contribution in [0.5, 0.6) is 0 Å². The van der Waals surface area contributed by atoms with Crippen LogP contribution in [0.4, 0.5) is 0 Å². The molecule has 0 spiro atoms. The number of H-pyrrole nitrogens is 1. The minimum atomic E-state index is -1.15. The van der Waals surface area contributed by atoms with Gasteiger partial charge in [-0.2, -0.15) is 5.10 Å². The molecule has 0 radical (unpaired) electrons. The summed E-state index contributed by atoms with van der Waals surface area (Å²) in [4.78, 5) is 14.3. The molecule has 1 amide bonds. The number of aromatic amines is 1. The number of aromatic nitrogens is 2. The van der Waals surface area contributed by atoms with Crippen molar-refractivity contribution in [2.75, 3.05) is 13.1 Å². The Kier molecular flexibility index (Phi) is 3.95. The number of hydrogen-bond donors (Lipinski definition) is 3. The lowest BCUT2D eigenvalue weighted by Crippen LogP contribution is -2.55. The summed E-state index contributed by atoms with van der Waals surface area (Å²) in [5, 5.41) is 26.9. The van der Waals surface area contributed by atoms with E-state index in [-0.39, 0.29) is 12.5 Å². The zero-order chi connectivity index (χ0) is 16.6. The van der Waals surface area contributed by atoms with E-state index in [1.807, 2.05) is 31.2 Å². The molecule has 122 valence electrons. The van der Waals surface area contributed by atoms with Crippen LogP contribution in [-0.4, -0.2) is 56.0 Å². The van der Waals surface area contributed by atoms with Crippen LogP contribution in [-0.2, 0) is 0 Å². The van der Waals surface area contributed by atoms with Crippen LogP contribution in [0.25, 0.3) is 11.3 Å². The molecule has 23 heavy (non-hydrogen) atoms. The van der Waals surface area contributed by atoms with Gasteiger partial charge in [0, 0.05) is 18.7 Å². The second-order valence-electron chi connectivity index (χ2n) is 6.40. The van der Waals surface area contributed by atoms with Gasteiger partial charge in [-0.1, -0.05) is 23.8 Å². The predicted molar refractivity (Wildman–Crippen MR) is 85.9 cm³/mol. The lowest BCUT2D eigenvalue weighted by Gasteiger charge is -2.39. The Hall–Kier alpha value is -2.18. The maximum absolute atomic E-state index is 12.8. The molecule has 2 aromatic rings. The molecule has 1 aromatic heterocycles. The largest absolute Gasteiger partial charge is 0.388 e. The number of aryl methyl sites for hydroxylation is 1. The number of amides is 1. The SMILES string of the molecule is Cc1cccc(-c2[nH]ncc2C(=O)N2CC[C@](C)(O)[C@@H](O)C2)c1. The Morgan fingerprint density at radius 3 is 2.96 bits per heavy atom. The van der Waals surface area contributed by atoms with Crippen LogP contribution in [0, 0.1) is 6.92 Å². The van der Waals surface area contributed by atoms with Gasteiger partial charge in [-0.3, -0.25) is 9.89 Å². The summed E-state index contributed by atoms with van der Waals surface area (Å²) in [5.74, 6) is -0.190. The van der Waals surface area contributed by atoms with E-state index in [2.05, 4.69) is 10.2 Å². The second kappa shape index (κ2) is 5.79. The molecule has 1 fully saturated rings. The fraction of sp³-hybridized carbons (Fsp3) is 0.412. The third kappa shape index (κ3) is 3.00. The van der Waals surface area contributed by atoms with Gasteiger partial charge in [-0.15, -0.1) is 0 Å². The molecule has 2 heterocycles. The third-order valence-electron chi connectivity index (χ3n) is 4.46. The van der Waals surface area contributed by atoms with E-state index in [9.17, 15) is 15.0 Å². The van der Waals surface area contributed by atoms with E-state index in [1.54, 1.807) is 11.8 Å². The smallest absolute Gasteiger partial charge is 0.257 e. The highest BCUT2D eigenvalue weighted by molar-refractivity contribution is 5.99. The van der Waals surface area contributed by atoms with Crippen molar-refractivity contribution in [1.82, 2.24) is 15.1 Å². The third-order valence-corrected chi connectivity index (χ3v) is 4.46. The number of carbonyl (C=O) groups excluding carboxylic acids is 1. The Balaban J connectivity index is 1.86. The second-order valence-corrected chi connectivity index (χ2v) is 6.40. The molecule has 0 aliphatic carbocycles. The molecule has 1 aromatic carbocycles. The highest BCUT2D eigenvalue weighted by Crippen LogP contribution is 2.27. The number of hydrogen-bond acceptors (Lipinski definition) is 4. The van der Waals surface area contributed by atoms with E-state index >= 15 is 0 Å². The first-order chi connectivity index (χ1) is 10.9. The molecule has 1 aliphatic heterocycles. The highest BCUT2D eigenvalue weighted by Gasteiger charge is 2.38. The fourth-order valence-corrected chi connectivity index (χ4v) is 2.85. The first kappa shape index (κ1) is 15.7. The summed E-state index contributed by atoms with van der Waals surface area (Å²) in [6.07, 6.45) is 0.908. The first-order valence-electron chi connectivity index (χ1n) is 7.68. The molecule has 6 heteroatoms. The van der Waals surface area contributed by atoms with Crippen molar-refractivity contribution in [1.29, 1.82) is 0 Å². The normalized spacial score (nSPS) is 24.7. The quantitative estimate of drug-likeness (QED) is 0.780. The zero-order valence-corrected chi connectivity index (χ0v) is 13.3. The van der Waals surface area contributed by atoms with Crippen LogP contribution < -0.4 is 0 Å². The molecular weight excluding hydrogens is 294 g/mol. The van der Waals surface area contributed by atoms with Gasteiger partial charge in [0.15, 0.2) is 0 Å². The monoisotopic (exact) mass is 315 g/mol. The average Bonchev–Trinajstić information content (AvgIpc) is 2.99. The number of nitrogens with one attached hydrogen (secondary N) is 1. The number of aliphatic hydroxyl groups excluding tert-OH is 1. The first-order valence-corrected chi connectivity index (χ1v) is 7.68. The zero-order valence-electron chi connectivity index (χ0n) is 13.3. The molecule has 1 aliphatic rings. The molecule has 3 N–H and O–H groups in total. The van der Waals surface area contributed by atoms with Gasteiger partial charge in [0.25, 0.3) is 5.91 Å². The van der Waals surface area contributed by atoms with Crippen molar-refractivity contribution < 1.29 is 15.0 Å². The molecule has 2 atom stereocenters. The lowest BCUT2D eigenvalue weighted by atomic mass is 9.90. The number of aliphatic hydroxyl groups is 2. The Morgan fingerprint density at radius 2 is 2.26 bits per heavy atom. The minimum absolute atomic E-state index is 0.115. The number of piperidine rings is 1. The Bertz CT molecular complexity index is 723. The Labute approximate surface area is 134 Å². The van der Waals surface area contributed by atoms with Crippen molar-refractivity contribution in [2.45, 2.75) is 32.0 Å². The highest BCUT2D eigenvalue weighted by atomic mass is 16.3. The van der Waals surface area contributed by atoms with Crippen LogP contribution in [0.15, 0.2) is 30.5 Å². The standard InChI is InChI=1S/C17H21N3O3/c1-11-4-3-5-12(8-11)15-13(9-18-19-15)16(22)20-7-6-17(2,23)14(21)10-20/h3-5,8-9,14,21,23H,6-7,10H2,1-2H3,(H,18,19)/t14-,17-/m0/s1. The average molecular weight is 315 g/mol. The molecule has 0 saturated carbocycles. The van der Waals surface area contributed by atoms with Gasteiger partial charge in [-0.25, -0.2) is 0 Å². The number of rotatable bonds is 2. The minimum Gasteiger partial charge on any atom is -0.388 e. The van der Waals surface area contributed by atoms with E-state index in [0.29, 0.717) is 24.2 Å². The summed E-state index contributed by atoms with van der Waals surface area (Å²) in [6, 6.07) is 7.83. The lowest BCUT2D eigenvalue weighted by molar-refractivity contribution is -0.0999. The number of likely N-dealkylation sites (tertiary alicyclic amines) is 1. The van der Waals surface area contributed by atoms with Crippen LogP contribution in [0.2, 0.25) is 0 Å². The summed E-state index contributed by atoms with van der Waals surface area (Å²) in [5.41, 5.74) is 2.00. The number of carbonyl (C=O) groups is 1. The Morgan fingerprint density at radius 1 is 1.48 bits per heavy atom. The van der Waals surface area contributed by atoms with E-state index < -0.39 is 11.7 Å². The van der Waals surface area contributed by atoms with Gasteiger partial charge in [0.2, 0.25) is 0 Å². The molecule has 3 rings (SSSR count). The molecular formula is C17H21N3O3. The topological polar surface area (TPSA) is 89.5 Å². The van der Waals surface area contributed by atoms with Crippen LogP contribution >= 0.6 is 0 Å². The molecule has 0 bridgehead atoms. The van der Waals surface area contributed by atoms with Crippen LogP contribution in [0.3, 0.4) is 0 Å². The van der Waals surface area contributed by atoms with E-state index in [0.717, 1.165) is 11.1 Å². The van der Waals surface area contributed by atoms with Gasteiger partial charge >= 0.3 is 0 Å². The fourth-order valence-electron chi connectivity index (χ4n) is 2.85. The van der Waals surface area contributed by atoms with Crippen LogP contribution in [0.1, 0.15) is 29.3 Å². The van der Waals surface area contributed by atoms with Gasteiger partial charge in [0.05, 0.1) is 29.2 Å². The number of nitrogens with zero attached hydrogens (tertiary/aromatic N) is 2. The molecule has 1 saturated heterocycles. The maximum Gasteiger partial charge on any atom is 0.257 e. The number of benzene rings is 1. The summed E-state index contributed by atoms with van der Waals surface area (Å²) >= 11 is 0. The van der Waals surface area contributed by atoms with Crippen molar-refractivity contribution in [3.8, 4) is 11.3 Å². The summed E-state index contributed by atoms with van der Waals surface area (Å²) in [7, 11) is 0. The van der Waals surface area contributed by atoms with E-state index in [1.165, 1.54) is 6.20 Å². The van der Waals surface area contributed by atoms with Crippen molar-refractivity contribution in [3.63, 3.8) is 0 Å². The van der Waals surface area contributed by atoms with Crippen molar-refractivity contribution in [3.05, 3.63) is 41.6 Å². The van der Waals surface area contributed by atoms with Gasteiger partial charge in [0.1, 0.15) is 0 Å². The van der Waals surface area contributed by atoms with Gasteiger partial charge in [-0.05, 0) is 26.3 Å². The van der Waals surface area contributed by atoms with Crippen molar-refractivity contribution >= 4 is 5.91 Å². The molecule has 0 unspecified atom stereocenters. The van der Waals surface area contributed by atoms with Crippen molar-refractivity contribution in [2.24, 2.45) is 0 Å². The summed E-state index contributed by atoms with van der Waals surface area (Å²) in [6.45, 7) is 4.10. The van der Waals surface area contributed by atoms with Gasteiger partial charge < -0.3 is 15.1 Å². The number of β-amino-alcohol motifs (C(OH)–C–C–N with tert-alkyl or cyclic N) is 1.